The van der Waals surface area contributed by atoms with E-state index in [2.05, 4.69) is 10.3 Å². The first-order chi connectivity index (χ1) is 12.8. The van der Waals surface area contributed by atoms with E-state index in [1.807, 2.05) is 12.1 Å². The van der Waals surface area contributed by atoms with Crippen LogP contribution >= 0.6 is 11.6 Å². The number of carbonyl (C=O) groups is 1. The average Bonchev–Trinajstić information content (AvgIpc) is 3.09. The molecule has 2 aromatic rings. The fourth-order valence-electron chi connectivity index (χ4n) is 2.72. The highest BCUT2D eigenvalue weighted by atomic mass is 35.5. The van der Waals surface area contributed by atoms with E-state index in [1.54, 1.807) is 17.0 Å². The van der Waals surface area contributed by atoms with E-state index in [4.69, 9.17) is 16.3 Å². The number of urea groups is 1. The lowest BCUT2D eigenvalue weighted by Crippen LogP contribution is -2.39. The lowest BCUT2D eigenvalue weighted by molar-refractivity contribution is -0.137. The van der Waals surface area contributed by atoms with Gasteiger partial charge in [0, 0.05) is 36.8 Å². The van der Waals surface area contributed by atoms with Crippen LogP contribution in [-0.2, 0) is 12.7 Å². The van der Waals surface area contributed by atoms with Gasteiger partial charge in [0.1, 0.15) is 6.10 Å². The Balaban J connectivity index is 1.51. The third kappa shape index (κ3) is 5.26. The molecular formula is C18H17ClF3N3O2. The molecule has 1 fully saturated rings. The van der Waals surface area contributed by atoms with Gasteiger partial charge in [-0.25, -0.2) is 9.78 Å². The summed E-state index contributed by atoms with van der Waals surface area (Å²) < 4.78 is 43.8. The Morgan fingerprint density at radius 3 is 2.74 bits per heavy atom. The lowest BCUT2D eigenvalue weighted by Gasteiger charge is -2.18. The monoisotopic (exact) mass is 399 g/mol. The quantitative estimate of drug-likeness (QED) is 0.841. The van der Waals surface area contributed by atoms with E-state index >= 15 is 0 Å². The molecule has 1 N–H and O–H groups in total. The second-order valence-electron chi connectivity index (χ2n) is 6.14. The van der Waals surface area contributed by atoms with E-state index < -0.39 is 17.8 Å². The number of alkyl halides is 3. The van der Waals surface area contributed by atoms with Crippen molar-refractivity contribution in [2.45, 2.75) is 25.2 Å². The maximum absolute atomic E-state index is 12.7. The maximum Gasteiger partial charge on any atom is 0.416 e. The van der Waals surface area contributed by atoms with Crippen LogP contribution in [0.1, 0.15) is 17.5 Å². The SMILES string of the molecule is O=C(NCc1ccc(Cl)cc1)N1CC[C@H](Oc2cc(C(F)(F)F)ccn2)C1. The second-order valence-corrected chi connectivity index (χ2v) is 6.58. The largest absolute Gasteiger partial charge is 0.472 e. The number of carbonyl (C=O) groups excluding carboxylic acids is 1. The number of hydrogen-bond acceptors (Lipinski definition) is 3. The number of aromatic nitrogens is 1. The van der Waals surface area contributed by atoms with Crippen LogP contribution in [0, 0.1) is 0 Å². The third-order valence-electron chi connectivity index (χ3n) is 4.14. The number of nitrogens with one attached hydrogen (secondary N) is 1. The lowest BCUT2D eigenvalue weighted by atomic mass is 10.2. The zero-order valence-electron chi connectivity index (χ0n) is 14.2. The van der Waals surface area contributed by atoms with Crippen molar-refractivity contribution in [2.24, 2.45) is 0 Å². The van der Waals surface area contributed by atoms with Crippen molar-refractivity contribution in [3.05, 3.63) is 58.7 Å². The van der Waals surface area contributed by atoms with Gasteiger partial charge in [-0.05, 0) is 23.8 Å². The average molecular weight is 400 g/mol. The molecule has 0 unspecified atom stereocenters. The van der Waals surface area contributed by atoms with Crippen LogP contribution in [0.25, 0.3) is 0 Å². The molecule has 0 spiro atoms. The summed E-state index contributed by atoms with van der Waals surface area (Å²) in [6, 6.07) is 8.61. The highest BCUT2D eigenvalue weighted by molar-refractivity contribution is 6.30. The third-order valence-corrected chi connectivity index (χ3v) is 4.39. The van der Waals surface area contributed by atoms with Crippen molar-refractivity contribution in [1.29, 1.82) is 0 Å². The Hall–Kier alpha value is -2.48. The number of likely N-dealkylation sites (tertiary alicyclic amines) is 1. The molecule has 0 bridgehead atoms. The summed E-state index contributed by atoms with van der Waals surface area (Å²) in [7, 11) is 0. The molecule has 144 valence electrons. The van der Waals surface area contributed by atoms with Gasteiger partial charge >= 0.3 is 12.2 Å². The van der Waals surface area contributed by atoms with Crippen molar-refractivity contribution >= 4 is 17.6 Å². The van der Waals surface area contributed by atoms with Crippen molar-refractivity contribution < 1.29 is 22.7 Å². The summed E-state index contributed by atoms with van der Waals surface area (Å²) >= 11 is 5.82. The fraction of sp³-hybridized carbons (Fsp3) is 0.333. The highest BCUT2D eigenvalue weighted by Crippen LogP contribution is 2.31. The molecule has 0 saturated carbocycles. The van der Waals surface area contributed by atoms with Crippen molar-refractivity contribution in [1.82, 2.24) is 15.2 Å². The number of halogens is 4. The Bertz CT molecular complexity index is 799. The summed E-state index contributed by atoms with van der Waals surface area (Å²) in [6.07, 6.45) is -3.28. The summed E-state index contributed by atoms with van der Waals surface area (Å²) in [4.78, 5) is 17.6. The van der Waals surface area contributed by atoms with Crippen LogP contribution in [0.2, 0.25) is 5.02 Å². The molecule has 1 atom stereocenters. The number of benzene rings is 1. The van der Waals surface area contributed by atoms with E-state index in [0.29, 0.717) is 24.5 Å². The molecule has 2 heterocycles. The van der Waals surface area contributed by atoms with Crippen LogP contribution < -0.4 is 10.1 Å². The molecule has 1 aliphatic heterocycles. The molecular weight excluding hydrogens is 383 g/mol. The summed E-state index contributed by atoms with van der Waals surface area (Å²) in [6.45, 7) is 1.09. The van der Waals surface area contributed by atoms with Crippen molar-refractivity contribution in [2.75, 3.05) is 13.1 Å². The minimum atomic E-state index is -4.45. The zero-order chi connectivity index (χ0) is 19.4. The first-order valence-corrected chi connectivity index (χ1v) is 8.66. The van der Waals surface area contributed by atoms with Gasteiger partial charge in [0.15, 0.2) is 0 Å². The van der Waals surface area contributed by atoms with Crippen LogP contribution in [-0.4, -0.2) is 35.1 Å². The molecule has 3 rings (SSSR count). The molecule has 9 heteroatoms. The summed E-state index contributed by atoms with van der Waals surface area (Å²) in [5.41, 5.74) is 0.0935. The summed E-state index contributed by atoms with van der Waals surface area (Å²) in [5.74, 6) is -0.0988. The normalized spacial score (nSPS) is 17.0. The molecule has 0 radical (unpaired) electrons. The van der Waals surface area contributed by atoms with Gasteiger partial charge in [0.25, 0.3) is 0 Å². The van der Waals surface area contributed by atoms with E-state index in [1.165, 1.54) is 0 Å². The smallest absolute Gasteiger partial charge is 0.416 e. The van der Waals surface area contributed by atoms with Gasteiger partial charge < -0.3 is 15.0 Å². The highest BCUT2D eigenvalue weighted by Gasteiger charge is 2.32. The van der Waals surface area contributed by atoms with Gasteiger partial charge in [-0.15, -0.1) is 0 Å². The van der Waals surface area contributed by atoms with Crippen molar-refractivity contribution in [3.63, 3.8) is 0 Å². The molecule has 1 saturated heterocycles. The first-order valence-electron chi connectivity index (χ1n) is 8.28. The number of rotatable bonds is 4. The van der Waals surface area contributed by atoms with E-state index in [-0.39, 0.29) is 18.5 Å². The number of pyridine rings is 1. The van der Waals surface area contributed by atoms with Crippen LogP contribution in [0.3, 0.4) is 0 Å². The topological polar surface area (TPSA) is 54.5 Å². The van der Waals surface area contributed by atoms with Gasteiger partial charge in [-0.1, -0.05) is 23.7 Å². The number of nitrogens with zero attached hydrogens (tertiary/aromatic N) is 2. The van der Waals surface area contributed by atoms with Crippen LogP contribution in [0.4, 0.5) is 18.0 Å². The summed E-state index contributed by atoms with van der Waals surface area (Å²) in [5, 5.41) is 3.42. The maximum atomic E-state index is 12.7. The van der Waals surface area contributed by atoms with Crippen LogP contribution in [0.5, 0.6) is 5.88 Å². The Labute approximate surface area is 159 Å². The Morgan fingerprint density at radius 2 is 2.04 bits per heavy atom. The molecule has 27 heavy (non-hydrogen) atoms. The molecule has 5 nitrogen and oxygen atoms in total. The fourth-order valence-corrected chi connectivity index (χ4v) is 2.85. The molecule has 0 aliphatic carbocycles. The Morgan fingerprint density at radius 1 is 1.30 bits per heavy atom. The molecule has 1 aromatic carbocycles. The minimum Gasteiger partial charge on any atom is -0.472 e. The van der Waals surface area contributed by atoms with Crippen LogP contribution in [0.15, 0.2) is 42.6 Å². The zero-order valence-corrected chi connectivity index (χ0v) is 14.9. The first kappa shape index (κ1) is 19.3. The predicted octanol–water partition coefficient (Wildman–Crippen LogP) is 4.12. The van der Waals surface area contributed by atoms with Gasteiger partial charge in [0.2, 0.25) is 5.88 Å². The van der Waals surface area contributed by atoms with Crippen molar-refractivity contribution in [3.8, 4) is 5.88 Å². The van der Waals surface area contributed by atoms with Gasteiger partial charge in [0.05, 0.1) is 12.1 Å². The molecule has 1 aliphatic rings. The molecule has 1 aromatic heterocycles. The number of amides is 2. The van der Waals surface area contributed by atoms with E-state index in [9.17, 15) is 18.0 Å². The molecule has 2 amide bonds. The number of hydrogen-bond donors (Lipinski definition) is 1. The standard InChI is InChI=1S/C18H17ClF3N3O2/c19-14-3-1-12(2-4-14)10-24-17(26)25-8-6-15(11-25)27-16-9-13(5-7-23-16)18(20,21)22/h1-5,7,9,15H,6,8,10-11H2,(H,24,26)/t15-/m0/s1. The second kappa shape index (κ2) is 8.04. The van der Waals surface area contributed by atoms with E-state index in [0.717, 1.165) is 23.9 Å². The Kier molecular flexibility index (Phi) is 5.74. The predicted molar refractivity (Wildman–Crippen MR) is 93.5 cm³/mol. The van der Waals surface area contributed by atoms with Gasteiger partial charge in [-0.3, -0.25) is 0 Å². The minimum absolute atomic E-state index is 0.0988. The van der Waals surface area contributed by atoms with Gasteiger partial charge in [-0.2, -0.15) is 13.2 Å². The number of ether oxygens (including phenoxy) is 1.